The molecule has 11 heavy (non-hydrogen) atoms. The highest BCUT2D eigenvalue weighted by Crippen LogP contribution is 2.04. The number of hydrogen-bond acceptors (Lipinski definition) is 2. The molecule has 0 saturated heterocycles. The summed E-state index contributed by atoms with van der Waals surface area (Å²) in [4.78, 5) is 8.40. The van der Waals surface area contributed by atoms with Gasteiger partial charge in [-0.3, -0.25) is 4.98 Å². The standard InChI is InChI=1S/C8H9N3/c1-2-7-8-10-4-6-11(8)5-3-9-7/h3-6H,2H2,1H3. The molecule has 0 saturated carbocycles. The van der Waals surface area contributed by atoms with Gasteiger partial charge in [0.05, 0.1) is 5.69 Å². The average molecular weight is 147 g/mol. The summed E-state index contributed by atoms with van der Waals surface area (Å²) in [7, 11) is 0. The summed E-state index contributed by atoms with van der Waals surface area (Å²) in [5, 5.41) is 0. The molecule has 0 amide bonds. The zero-order chi connectivity index (χ0) is 7.68. The largest absolute Gasteiger partial charge is 0.304 e. The van der Waals surface area contributed by atoms with Crippen LogP contribution in [0.4, 0.5) is 0 Å². The van der Waals surface area contributed by atoms with Crippen LogP contribution in [0.1, 0.15) is 12.6 Å². The average Bonchev–Trinajstić information content (AvgIpc) is 2.50. The summed E-state index contributed by atoms with van der Waals surface area (Å²) in [6.45, 7) is 2.08. The molecule has 0 atom stereocenters. The van der Waals surface area contributed by atoms with Gasteiger partial charge >= 0.3 is 0 Å². The second kappa shape index (κ2) is 2.34. The Labute approximate surface area is 64.7 Å². The first-order valence-electron chi connectivity index (χ1n) is 3.68. The molecule has 0 radical (unpaired) electrons. The predicted molar refractivity (Wildman–Crippen MR) is 42.4 cm³/mol. The fraction of sp³-hybridized carbons (Fsp3) is 0.250. The Morgan fingerprint density at radius 2 is 2.00 bits per heavy atom. The summed E-state index contributed by atoms with van der Waals surface area (Å²) >= 11 is 0. The van der Waals surface area contributed by atoms with Crippen LogP contribution in [0.15, 0.2) is 24.8 Å². The molecule has 0 spiro atoms. The van der Waals surface area contributed by atoms with E-state index in [1.807, 2.05) is 16.8 Å². The lowest BCUT2D eigenvalue weighted by molar-refractivity contribution is 0.993. The molecule has 2 aromatic heterocycles. The molecule has 0 fully saturated rings. The van der Waals surface area contributed by atoms with E-state index in [2.05, 4.69) is 16.9 Å². The minimum atomic E-state index is 0.932. The smallest absolute Gasteiger partial charge is 0.158 e. The van der Waals surface area contributed by atoms with Crippen molar-refractivity contribution in [2.24, 2.45) is 0 Å². The molecule has 2 rings (SSSR count). The Morgan fingerprint density at radius 3 is 2.73 bits per heavy atom. The van der Waals surface area contributed by atoms with Crippen LogP contribution in [0, 0.1) is 0 Å². The Hall–Kier alpha value is -1.38. The van der Waals surface area contributed by atoms with Gasteiger partial charge in [-0.25, -0.2) is 4.98 Å². The lowest BCUT2D eigenvalue weighted by atomic mass is 10.3. The van der Waals surface area contributed by atoms with E-state index >= 15 is 0 Å². The number of rotatable bonds is 1. The van der Waals surface area contributed by atoms with Gasteiger partial charge in [-0.15, -0.1) is 0 Å². The number of hydrogen-bond donors (Lipinski definition) is 0. The molecule has 3 heteroatoms. The second-order valence-electron chi connectivity index (χ2n) is 2.39. The minimum absolute atomic E-state index is 0.932. The Balaban J connectivity index is 2.79. The summed E-state index contributed by atoms with van der Waals surface area (Å²) in [6, 6.07) is 0. The highest BCUT2D eigenvalue weighted by atomic mass is 15.0. The summed E-state index contributed by atoms with van der Waals surface area (Å²) in [5.74, 6) is 0. The maximum Gasteiger partial charge on any atom is 0.158 e. The van der Waals surface area contributed by atoms with Gasteiger partial charge in [0.1, 0.15) is 0 Å². The molecule has 56 valence electrons. The lowest BCUT2D eigenvalue weighted by Gasteiger charge is -1.96. The first-order chi connectivity index (χ1) is 5.42. The van der Waals surface area contributed by atoms with Crippen molar-refractivity contribution in [2.45, 2.75) is 13.3 Å². The number of fused-ring (bicyclic) bond motifs is 1. The number of aryl methyl sites for hydroxylation is 1. The first-order valence-corrected chi connectivity index (χ1v) is 3.68. The second-order valence-corrected chi connectivity index (χ2v) is 2.39. The Morgan fingerprint density at radius 1 is 1.27 bits per heavy atom. The first kappa shape index (κ1) is 6.34. The van der Waals surface area contributed by atoms with Crippen molar-refractivity contribution >= 4 is 5.65 Å². The molecule has 2 aromatic rings. The molecule has 0 N–H and O–H groups in total. The zero-order valence-corrected chi connectivity index (χ0v) is 6.36. The van der Waals surface area contributed by atoms with Crippen molar-refractivity contribution < 1.29 is 0 Å². The topological polar surface area (TPSA) is 30.2 Å². The van der Waals surface area contributed by atoms with Crippen LogP contribution in [-0.2, 0) is 6.42 Å². The van der Waals surface area contributed by atoms with E-state index in [1.165, 1.54) is 0 Å². The van der Waals surface area contributed by atoms with E-state index in [4.69, 9.17) is 0 Å². The van der Waals surface area contributed by atoms with Crippen molar-refractivity contribution in [1.82, 2.24) is 14.4 Å². The van der Waals surface area contributed by atoms with E-state index < -0.39 is 0 Å². The highest BCUT2D eigenvalue weighted by molar-refractivity contribution is 5.42. The van der Waals surface area contributed by atoms with Gasteiger partial charge in [-0.05, 0) is 6.42 Å². The van der Waals surface area contributed by atoms with E-state index in [0.717, 1.165) is 17.8 Å². The maximum atomic E-state index is 4.21. The van der Waals surface area contributed by atoms with Crippen molar-refractivity contribution in [3.8, 4) is 0 Å². The van der Waals surface area contributed by atoms with Crippen molar-refractivity contribution in [1.29, 1.82) is 0 Å². The molecule has 0 aliphatic carbocycles. The van der Waals surface area contributed by atoms with Crippen LogP contribution >= 0.6 is 0 Å². The van der Waals surface area contributed by atoms with Gasteiger partial charge in [0.25, 0.3) is 0 Å². The third kappa shape index (κ3) is 0.888. The minimum Gasteiger partial charge on any atom is -0.304 e. The normalized spacial score (nSPS) is 10.6. The molecule has 0 aliphatic rings. The molecule has 0 aliphatic heterocycles. The highest BCUT2D eigenvalue weighted by Gasteiger charge is 1.98. The maximum absolute atomic E-state index is 4.21. The summed E-state index contributed by atoms with van der Waals surface area (Å²) < 4.78 is 1.98. The molecule has 0 bridgehead atoms. The SMILES string of the molecule is CCc1nccn2ccnc12. The molecular formula is C8H9N3. The Kier molecular flexibility index (Phi) is 1.35. The van der Waals surface area contributed by atoms with Gasteiger partial charge in [0.2, 0.25) is 0 Å². The predicted octanol–water partition coefficient (Wildman–Crippen LogP) is 1.29. The summed E-state index contributed by atoms with van der Waals surface area (Å²) in [5.41, 5.74) is 2.02. The van der Waals surface area contributed by atoms with Crippen LogP contribution < -0.4 is 0 Å². The molecule has 0 aromatic carbocycles. The van der Waals surface area contributed by atoms with Crippen LogP contribution in [0.3, 0.4) is 0 Å². The molecule has 3 nitrogen and oxygen atoms in total. The summed E-state index contributed by atoms with van der Waals surface area (Å²) in [6.07, 6.45) is 8.35. The monoisotopic (exact) mass is 147 g/mol. The fourth-order valence-electron chi connectivity index (χ4n) is 1.16. The van der Waals surface area contributed by atoms with Crippen LogP contribution in [0.5, 0.6) is 0 Å². The Bertz CT molecular complexity index is 364. The van der Waals surface area contributed by atoms with E-state index in [-0.39, 0.29) is 0 Å². The fourth-order valence-corrected chi connectivity index (χ4v) is 1.16. The molecular weight excluding hydrogens is 138 g/mol. The van der Waals surface area contributed by atoms with Gasteiger partial charge in [-0.1, -0.05) is 6.92 Å². The van der Waals surface area contributed by atoms with E-state index in [0.29, 0.717) is 0 Å². The number of nitrogens with zero attached hydrogens (tertiary/aromatic N) is 3. The third-order valence-electron chi connectivity index (χ3n) is 1.72. The third-order valence-corrected chi connectivity index (χ3v) is 1.72. The number of imidazole rings is 1. The van der Waals surface area contributed by atoms with E-state index in [9.17, 15) is 0 Å². The number of aromatic nitrogens is 3. The lowest BCUT2D eigenvalue weighted by Crippen LogP contribution is -1.92. The van der Waals surface area contributed by atoms with Crippen LogP contribution in [0.2, 0.25) is 0 Å². The van der Waals surface area contributed by atoms with Gasteiger partial charge < -0.3 is 4.40 Å². The van der Waals surface area contributed by atoms with E-state index in [1.54, 1.807) is 12.4 Å². The van der Waals surface area contributed by atoms with Crippen LogP contribution in [0.25, 0.3) is 5.65 Å². The molecule has 0 unspecified atom stereocenters. The van der Waals surface area contributed by atoms with Crippen molar-refractivity contribution in [2.75, 3.05) is 0 Å². The van der Waals surface area contributed by atoms with Crippen molar-refractivity contribution in [3.63, 3.8) is 0 Å². The van der Waals surface area contributed by atoms with Crippen molar-refractivity contribution in [3.05, 3.63) is 30.5 Å². The van der Waals surface area contributed by atoms with Crippen LogP contribution in [-0.4, -0.2) is 14.4 Å². The quantitative estimate of drug-likeness (QED) is 0.608. The van der Waals surface area contributed by atoms with Gasteiger partial charge in [0.15, 0.2) is 5.65 Å². The zero-order valence-electron chi connectivity index (χ0n) is 6.36. The van der Waals surface area contributed by atoms with Gasteiger partial charge in [-0.2, -0.15) is 0 Å². The van der Waals surface area contributed by atoms with Gasteiger partial charge in [0, 0.05) is 24.8 Å². The molecule has 2 heterocycles.